The number of carbonyl (C=O) groups is 1. The minimum atomic E-state index is -0.0739. The van der Waals surface area contributed by atoms with Crippen LogP contribution in [0.5, 0.6) is 0 Å². The molecule has 0 heterocycles. The zero-order valence-corrected chi connectivity index (χ0v) is 16.5. The topological polar surface area (TPSA) is 26.3 Å². The second-order valence-electron chi connectivity index (χ2n) is 6.39. The summed E-state index contributed by atoms with van der Waals surface area (Å²) in [4.78, 5) is 11.7. The maximum atomic E-state index is 11.0. The molecule has 0 amide bonds. The van der Waals surface area contributed by atoms with Gasteiger partial charge in [-0.05, 0) is 19.3 Å². The molecule has 0 aliphatic carbocycles. The Bertz CT molecular complexity index is 244. The first-order valence-electron chi connectivity index (χ1n) is 9.41. The number of methoxy groups -OCH3 is 1. The van der Waals surface area contributed by atoms with E-state index in [0.717, 1.165) is 12.8 Å². The minimum Gasteiger partial charge on any atom is -0.469 e. The number of alkyl halides is 1. The molecule has 0 saturated carbocycles. The number of ether oxygens (including phenoxy) is 1. The summed E-state index contributed by atoms with van der Waals surface area (Å²) in [5.74, 6) is -0.0739. The van der Waals surface area contributed by atoms with Gasteiger partial charge in [-0.25, -0.2) is 0 Å². The fraction of sp³-hybridized carbons (Fsp3) is 0.947. The fourth-order valence-electron chi connectivity index (χ4n) is 2.73. The van der Waals surface area contributed by atoms with Crippen molar-refractivity contribution >= 4 is 21.9 Å². The highest BCUT2D eigenvalue weighted by Crippen LogP contribution is 2.19. The van der Waals surface area contributed by atoms with Crippen molar-refractivity contribution in [1.29, 1.82) is 0 Å². The average Bonchev–Trinajstić information content (AvgIpc) is 2.52. The Hall–Kier alpha value is -0.0500. The van der Waals surface area contributed by atoms with Crippen LogP contribution >= 0.6 is 15.9 Å². The summed E-state index contributed by atoms with van der Waals surface area (Å²) in [5.41, 5.74) is 0. The van der Waals surface area contributed by atoms with E-state index in [9.17, 15) is 4.79 Å². The Balaban J connectivity index is 3.19. The highest BCUT2D eigenvalue weighted by Gasteiger charge is 2.04. The lowest BCUT2D eigenvalue weighted by Crippen LogP contribution is -1.99. The first kappa shape index (κ1) is 21.9. The Kier molecular flexibility index (Phi) is 17.3. The summed E-state index contributed by atoms with van der Waals surface area (Å²) >= 11 is 3.82. The van der Waals surface area contributed by atoms with Crippen LogP contribution in [0.15, 0.2) is 0 Å². The van der Waals surface area contributed by atoms with Crippen LogP contribution < -0.4 is 0 Å². The zero-order valence-electron chi connectivity index (χ0n) is 14.9. The quantitative estimate of drug-likeness (QED) is 0.168. The molecule has 0 aliphatic rings. The number of hydrogen-bond donors (Lipinski definition) is 0. The molecule has 2 nitrogen and oxygen atoms in total. The predicted molar refractivity (Wildman–Crippen MR) is 99.7 cm³/mol. The molecule has 0 rings (SSSR count). The van der Waals surface area contributed by atoms with E-state index in [1.807, 2.05) is 0 Å². The number of hydrogen-bond acceptors (Lipinski definition) is 2. The number of rotatable bonds is 16. The van der Waals surface area contributed by atoms with Crippen LogP contribution in [0.25, 0.3) is 0 Å². The van der Waals surface area contributed by atoms with Gasteiger partial charge in [0.15, 0.2) is 0 Å². The van der Waals surface area contributed by atoms with Crippen LogP contribution in [0, 0.1) is 0 Å². The summed E-state index contributed by atoms with van der Waals surface area (Å²) < 4.78 is 4.64. The van der Waals surface area contributed by atoms with Crippen molar-refractivity contribution in [2.24, 2.45) is 0 Å². The van der Waals surface area contributed by atoms with E-state index in [-0.39, 0.29) is 5.97 Å². The monoisotopic (exact) mass is 376 g/mol. The normalized spacial score (nSPS) is 12.3. The zero-order chi connectivity index (χ0) is 16.5. The largest absolute Gasteiger partial charge is 0.469 e. The van der Waals surface area contributed by atoms with Gasteiger partial charge >= 0.3 is 5.97 Å². The average molecular weight is 377 g/mol. The van der Waals surface area contributed by atoms with Gasteiger partial charge in [0.05, 0.1) is 7.11 Å². The van der Waals surface area contributed by atoms with Gasteiger partial charge in [-0.1, -0.05) is 93.5 Å². The molecule has 22 heavy (non-hydrogen) atoms. The Labute approximate surface area is 146 Å². The smallest absolute Gasteiger partial charge is 0.305 e. The fourth-order valence-corrected chi connectivity index (χ4v) is 3.38. The Morgan fingerprint density at radius 2 is 1.27 bits per heavy atom. The predicted octanol–water partition coefficient (Wildman–Crippen LogP) is 6.79. The van der Waals surface area contributed by atoms with Crippen LogP contribution in [0.1, 0.15) is 103 Å². The molecule has 3 heteroatoms. The van der Waals surface area contributed by atoms with Gasteiger partial charge in [-0.2, -0.15) is 0 Å². The molecule has 0 saturated heterocycles. The summed E-state index contributed by atoms with van der Waals surface area (Å²) in [6, 6.07) is 0. The van der Waals surface area contributed by atoms with Gasteiger partial charge in [-0.15, -0.1) is 0 Å². The van der Waals surface area contributed by atoms with E-state index in [0.29, 0.717) is 11.2 Å². The molecule has 0 aromatic heterocycles. The molecular formula is C19H37BrO2. The van der Waals surface area contributed by atoms with Crippen LogP contribution in [-0.2, 0) is 9.53 Å². The molecule has 0 bridgehead atoms. The third-order valence-electron chi connectivity index (χ3n) is 4.25. The van der Waals surface area contributed by atoms with Crippen molar-refractivity contribution < 1.29 is 9.53 Å². The van der Waals surface area contributed by atoms with E-state index in [1.54, 1.807) is 0 Å². The van der Waals surface area contributed by atoms with Crippen molar-refractivity contribution in [3.63, 3.8) is 0 Å². The van der Waals surface area contributed by atoms with E-state index < -0.39 is 0 Å². The first-order chi connectivity index (χ1) is 10.7. The van der Waals surface area contributed by atoms with Crippen molar-refractivity contribution in [3.05, 3.63) is 0 Å². The first-order valence-corrected chi connectivity index (χ1v) is 10.3. The Morgan fingerprint density at radius 1 is 0.818 bits per heavy atom. The SMILES string of the molecule is CCCCCCCCCC(Br)CCCCCCCC(=O)OC. The molecule has 132 valence electrons. The minimum absolute atomic E-state index is 0.0739. The van der Waals surface area contributed by atoms with Crippen LogP contribution in [0.2, 0.25) is 0 Å². The van der Waals surface area contributed by atoms with E-state index in [2.05, 4.69) is 27.6 Å². The lowest BCUT2D eigenvalue weighted by atomic mass is 10.0. The van der Waals surface area contributed by atoms with E-state index in [4.69, 9.17) is 0 Å². The van der Waals surface area contributed by atoms with E-state index in [1.165, 1.54) is 84.2 Å². The molecule has 0 aliphatic heterocycles. The molecule has 1 unspecified atom stereocenters. The standard InChI is InChI=1S/C19H37BrO2/c1-3-4-5-6-7-9-12-15-18(20)16-13-10-8-11-14-17-19(21)22-2/h18H,3-17H2,1-2H3. The molecule has 0 spiro atoms. The number of unbranched alkanes of at least 4 members (excludes halogenated alkanes) is 10. The number of esters is 1. The van der Waals surface area contributed by atoms with Crippen LogP contribution in [-0.4, -0.2) is 17.9 Å². The van der Waals surface area contributed by atoms with Gasteiger partial charge < -0.3 is 4.74 Å². The Morgan fingerprint density at radius 3 is 1.77 bits per heavy atom. The van der Waals surface area contributed by atoms with E-state index >= 15 is 0 Å². The highest BCUT2D eigenvalue weighted by atomic mass is 79.9. The molecular weight excluding hydrogens is 340 g/mol. The molecule has 0 N–H and O–H groups in total. The molecule has 0 fully saturated rings. The maximum Gasteiger partial charge on any atom is 0.305 e. The van der Waals surface area contributed by atoms with Gasteiger partial charge in [0.25, 0.3) is 0 Å². The lowest BCUT2D eigenvalue weighted by Gasteiger charge is -2.09. The molecule has 0 radical (unpaired) electrons. The second-order valence-corrected chi connectivity index (χ2v) is 7.68. The van der Waals surface area contributed by atoms with Gasteiger partial charge in [0, 0.05) is 11.2 Å². The van der Waals surface area contributed by atoms with Gasteiger partial charge in [-0.3, -0.25) is 4.79 Å². The third kappa shape index (κ3) is 16.3. The maximum absolute atomic E-state index is 11.0. The summed E-state index contributed by atoms with van der Waals surface area (Å²) in [6.07, 6.45) is 19.0. The van der Waals surface area contributed by atoms with Gasteiger partial charge in [0.2, 0.25) is 0 Å². The number of carbonyl (C=O) groups excluding carboxylic acids is 1. The number of halogens is 1. The highest BCUT2D eigenvalue weighted by molar-refractivity contribution is 9.09. The summed E-state index contributed by atoms with van der Waals surface area (Å²) in [7, 11) is 1.46. The molecule has 1 atom stereocenters. The third-order valence-corrected chi connectivity index (χ3v) is 5.16. The summed E-state index contributed by atoms with van der Waals surface area (Å²) in [5, 5.41) is 0. The second kappa shape index (κ2) is 17.3. The van der Waals surface area contributed by atoms with Gasteiger partial charge in [0.1, 0.15) is 0 Å². The van der Waals surface area contributed by atoms with Crippen molar-refractivity contribution in [2.45, 2.75) is 108 Å². The van der Waals surface area contributed by atoms with Crippen LogP contribution in [0.4, 0.5) is 0 Å². The molecule has 0 aromatic carbocycles. The van der Waals surface area contributed by atoms with Crippen LogP contribution in [0.3, 0.4) is 0 Å². The lowest BCUT2D eigenvalue weighted by molar-refractivity contribution is -0.140. The van der Waals surface area contributed by atoms with Crippen molar-refractivity contribution in [2.75, 3.05) is 7.11 Å². The summed E-state index contributed by atoms with van der Waals surface area (Å²) in [6.45, 7) is 2.27. The van der Waals surface area contributed by atoms with Crippen molar-refractivity contribution in [1.82, 2.24) is 0 Å². The van der Waals surface area contributed by atoms with Crippen molar-refractivity contribution in [3.8, 4) is 0 Å². The molecule has 0 aromatic rings.